The van der Waals surface area contributed by atoms with Crippen LogP contribution in [0.15, 0.2) is 42.5 Å². The number of rotatable bonds is 6. The number of hydrogen-bond acceptors (Lipinski definition) is 4. The summed E-state index contributed by atoms with van der Waals surface area (Å²) in [6.45, 7) is 3.11. The Morgan fingerprint density at radius 1 is 1.24 bits per heavy atom. The number of nitrogens with one attached hydrogen (secondary N) is 1. The van der Waals surface area contributed by atoms with E-state index in [0.29, 0.717) is 24.1 Å². The lowest BCUT2D eigenvalue weighted by Crippen LogP contribution is -2.35. The number of piperidine rings is 1. The quantitative estimate of drug-likeness (QED) is 0.639. The number of benzene rings is 2. The van der Waals surface area contributed by atoms with E-state index in [2.05, 4.69) is 11.4 Å². The summed E-state index contributed by atoms with van der Waals surface area (Å²) in [6.07, 6.45) is 4.71. The summed E-state index contributed by atoms with van der Waals surface area (Å²) in [5.41, 5.74) is 1.86. The van der Waals surface area contributed by atoms with Crippen molar-refractivity contribution in [3.8, 4) is 22.6 Å². The van der Waals surface area contributed by atoms with E-state index in [1.807, 2.05) is 36.4 Å². The Morgan fingerprint density at radius 2 is 2.08 bits per heavy atom. The standard InChI is InChI=1S/C21H24NO3/c1-16(23)25-21-14-18(17-7-3-2-4-8-17)13-20(15-21)24-12-10-19-9-5-6-11-22-19/h2-4,7-8,14-15,19,22H,5-6,9-12H2,1H3. The number of hydrogen-bond donors (Lipinski definition) is 1. The first kappa shape index (κ1) is 17.5. The van der Waals surface area contributed by atoms with Gasteiger partial charge in [0.05, 0.1) is 6.61 Å². The van der Waals surface area contributed by atoms with E-state index >= 15 is 0 Å². The van der Waals surface area contributed by atoms with E-state index in [-0.39, 0.29) is 5.97 Å². The molecular formula is C21H24NO3. The van der Waals surface area contributed by atoms with Crippen molar-refractivity contribution in [2.75, 3.05) is 13.2 Å². The zero-order valence-corrected chi connectivity index (χ0v) is 14.6. The summed E-state index contributed by atoms with van der Waals surface area (Å²) in [6, 6.07) is 17.2. The fourth-order valence-corrected chi connectivity index (χ4v) is 3.08. The van der Waals surface area contributed by atoms with Crippen LogP contribution in [-0.2, 0) is 4.79 Å². The molecule has 25 heavy (non-hydrogen) atoms. The number of carbonyl (C=O) groups is 1. The highest BCUT2D eigenvalue weighted by Crippen LogP contribution is 2.29. The van der Waals surface area contributed by atoms with Crippen molar-refractivity contribution in [1.82, 2.24) is 5.32 Å². The van der Waals surface area contributed by atoms with Crippen molar-refractivity contribution in [2.24, 2.45) is 0 Å². The predicted octanol–water partition coefficient (Wildman–Crippen LogP) is 3.99. The summed E-state index contributed by atoms with van der Waals surface area (Å²) in [5.74, 6) is 0.742. The normalized spacial score (nSPS) is 17.1. The summed E-state index contributed by atoms with van der Waals surface area (Å²) in [7, 11) is 0. The van der Waals surface area contributed by atoms with Gasteiger partial charge in [-0.1, -0.05) is 36.8 Å². The Kier molecular flexibility index (Phi) is 6.07. The molecule has 3 rings (SSSR count). The van der Waals surface area contributed by atoms with Crippen LogP contribution < -0.4 is 14.8 Å². The summed E-state index contributed by atoms with van der Waals surface area (Å²) in [4.78, 5) is 11.3. The van der Waals surface area contributed by atoms with Gasteiger partial charge in [0, 0.05) is 25.1 Å². The lowest BCUT2D eigenvalue weighted by atomic mass is 10.0. The smallest absolute Gasteiger partial charge is 0.308 e. The first-order valence-electron chi connectivity index (χ1n) is 8.88. The second-order valence-electron chi connectivity index (χ2n) is 6.34. The SMILES string of the molecule is CC(=O)Oc1cc(OCCC2CCCCN2)[c]c(-c2ccccc2)c1. The van der Waals surface area contributed by atoms with E-state index in [4.69, 9.17) is 9.47 Å². The van der Waals surface area contributed by atoms with Gasteiger partial charge in [0.2, 0.25) is 0 Å². The average Bonchev–Trinajstić information content (AvgIpc) is 2.63. The molecule has 4 nitrogen and oxygen atoms in total. The Balaban J connectivity index is 1.71. The molecule has 1 atom stereocenters. The van der Waals surface area contributed by atoms with Gasteiger partial charge in [-0.15, -0.1) is 0 Å². The van der Waals surface area contributed by atoms with Crippen molar-refractivity contribution in [3.63, 3.8) is 0 Å². The van der Waals surface area contributed by atoms with E-state index < -0.39 is 0 Å². The minimum Gasteiger partial charge on any atom is -0.493 e. The molecule has 1 aliphatic rings. The molecule has 2 aromatic rings. The van der Waals surface area contributed by atoms with E-state index in [9.17, 15) is 4.79 Å². The molecule has 1 saturated heterocycles. The van der Waals surface area contributed by atoms with Crippen LogP contribution in [0.3, 0.4) is 0 Å². The molecule has 131 valence electrons. The van der Waals surface area contributed by atoms with E-state index in [0.717, 1.165) is 24.1 Å². The topological polar surface area (TPSA) is 47.6 Å². The van der Waals surface area contributed by atoms with Crippen LogP contribution >= 0.6 is 0 Å². The molecule has 1 fully saturated rings. The van der Waals surface area contributed by atoms with Gasteiger partial charge < -0.3 is 14.8 Å². The van der Waals surface area contributed by atoms with Crippen molar-refractivity contribution in [2.45, 2.75) is 38.6 Å². The molecule has 1 unspecified atom stereocenters. The van der Waals surface area contributed by atoms with Gasteiger partial charge in [0.15, 0.2) is 0 Å². The maximum absolute atomic E-state index is 11.3. The van der Waals surface area contributed by atoms with Gasteiger partial charge in [-0.2, -0.15) is 0 Å². The van der Waals surface area contributed by atoms with Gasteiger partial charge in [-0.25, -0.2) is 0 Å². The van der Waals surface area contributed by atoms with Gasteiger partial charge >= 0.3 is 5.97 Å². The van der Waals surface area contributed by atoms with Crippen molar-refractivity contribution >= 4 is 5.97 Å². The fourth-order valence-electron chi connectivity index (χ4n) is 3.08. The molecule has 0 aliphatic carbocycles. The first-order chi connectivity index (χ1) is 12.2. The molecule has 1 N–H and O–H groups in total. The van der Waals surface area contributed by atoms with Gasteiger partial charge in [0.1, 0.15) is 11.5 Å². The molecule has 0 aromatic heterocycles. The number of esters is 1. The van der Waals surface area contributed by atoms with E-state index in [1.54, 1.807) is 6.07 Å². The largest absolute Gasteiger partial charge is 0.493 e. The molecule has 4 heteroatoms. The maximum Gasteiger partial charge on any atom is 0.308 e. The van der Waals surface area contributed by atoms with Crippen molar-refractivity contribution < 1.29 is 14.3 Å². The van der Waals surface area contributed by atoms with Crippen LogP contribution in [0, 0.1) is 6.07 Å². The summed E-state index contributed by atoms with van der Waals surface area (Å²) >= 11 is 0. The predicted molar refractivity (Wildman–Crippen MR) is 97.8 cm³/mol. The van der Waals surface area contributed by atoms with Crippen LogP contribution in [0.4, 0.5) is 0 Å². The fraction of sp³-hybridized carbons (Fsp3) is 0.381. The van der Waals surface area contributed by atoms with Gasteiger partial charge in [-0.05, 0) is 43.0 Å². The Bertz CT molecular complexity index is 694. The zero-order chi connectivity index (χ0) is 17.5. The monoisotopic (exact) mass is 338 g/mol. The summed E-state index contributed by atoms with van der Waals surface area (Å²) < 4.78 is 11.2. The highest BCUT2D eigenvalue weighted by molar-refractivity contribution is 5.72. The molecule has 0 amide bonds. The van der Waals surface area contributed by atoms with Crippen LogP contribution in [0.25, 0.3) is 11.1 Å². The van der Waals surface area contributed by atoms with Crippen LogP contribution in [0.5, 0.6) is 11.5 Å². The summed E-state index contributed by atoms with van der Waals surface area (Å²) in [5, 5.41) is 3.52. The molecule has 0 bridgehead atoms. The highest BCUT2D eigenvalue weighted by Gasteiger charge is 2.13. The van der Waals surface area contributed by atoms with E-state index in [1.165, 1.54) is 26.2 Å². The minimum absolute atomic E-state index is 0.345. The Labute approximate surface area is 149 Å². The van der Waals surface area contributed by atoms with Crippen LogP contribution in [-0.4, -0.2) is 25.2 Å². The molecule has 0 saturated carbocycles. The third kappa shape index (κ3) is 5.33. The first-order valence-corrected chi connectivity index (χ1v) is 8.88. The van der Waals surface area contributed by atoms with Crippen molar-refractivity contribution in [1.29, 1.82) is 0 Å². The van der Waals surface area contributed by atoms with Gasteiger partial charge in [0.25, 0.3) is 0 Å². The number of ether oxygens (including phenoxy) is 2. The third-order valence-corrected chi connectivity index (χ3v) is 4.30. The highest BCUT2D eigenvalue weighted by atomic mass is 16.5. The molecule has 2 aromatic carbocycles. The third-order valence-electron chi connectivity index (χ3n) is 4.30. The maximum atomic E-state index is 11.3. The lowest BCUT2D eigenvalue weighted by Gasteiger charge is -2.23. The molecule has 1 aliphatic heterocycles. The molecule has 0 spiro atoms. The lowest BCUT2D eigenvalue weighted by molar-refractivity contribution is -0.131. The van der Waals surface area contributed by atoms with Gasteiger partial charge in [-0.3, -0.25) is 4.79 Å². The molecular weight excluding hydrogens is 314 g/mol. The molecule has 1 radical (unpaired) electrons. The molecule has 1 heterocycles. The van der Waals surface area contributed by atoms with Crippen molar-refractivity contribution in [3.05, 3.63) is 48.5 Å². The zero-order valence-electron chi connectivity index (χ0n) is 14.6. The second-order valence-corrected chi connectivity index (χ2v) is 6.34. The van der Waals surface area contributed by atoms with Crippen LogP contribution in [0.1, 0.15) is 32.6 Å². The van der Waals surface area contributed by atoms with Crippen LogP contribution in [0.2, 0.25) is 0 Å². The minimum atomic E-state index is -0.345. The Morgan fingerprint density at radius 3 is 2.80 bits per heavy atom. The second kappa shape index (κ2) is 8.67. The average molecular weight is 338 g/mol. The number of carbonyl (C=O) groups excluding carboxylic acids is 1. The Hall–Kier alpha value is -2.33.